The summed E-state index contributed by atoms with van der Waals surface area (Å²) in [5, 5.41) is 4.17. The molecule has 1 aliphatic rings. The van der Waals surface area contributed by atoms with Gasteiger partial charge in [0.25, 0.3) is 0 Å². The number of aromatic nitrogens is 2. The predicted octanol–water partition coefficient (Wildman–Crippen LogP) is 3.28. The van der Waals surface area contributed by atoms with Crippen molar-refractivity contribution in [2.24, 2.45) is 0 Å². The molecule has 2 rings (SSSR count). The van der Waals surface area contributed by atoms with Gasteiger partial charge in [0, 0.05) is 18.9 Å². The minimum absolute atomic E-state index is 0. The number of anilines is 1. The van der Waals surface area contributed by atoms with Crippen LogP contribution in [0.15, 0.2) is 6.20 Å². The van der Waals surface area contributed by atoms with Gasteiger partial charge in [-0.3, -0.25) is 9.58 Å². The van der Waals surface area contributed by atoms with E-state index in [-0.39, 0.29) is 36.9 Å². The summed E-state index contributed by atoms with van der Waals surface area (Å²) >= 11 is 0. The summed E-state index contributed by atoms with van der Waals surface area (Å²) in [4.78, 5) is 25.4. The molecule has 1 aromatic rings. The number of hydrogen-bond acceptors (Lipinski definition) is 4. The van der Waals surface area contributed by atoms with Gasteiger partial charge in [-0.05, 0) is 39.8 Å². The van der Waals surface area contributed by atoms with E-state index in [9.17, 15) is 9.59 Å². The molecule has 0 atom stereocenters. The summed E-state index contributed by atoms with van der Waals surface area (Å²) in [5.41, 5.74) is -0.221. The van der Waals surface area contributed by atoms with Crippen molar-refractivity contribution in [1.29, 1.82) is 0 Å². The molecule has 0 saturated carbocycles. The molecule has 0 spiro atoms. The molecule has 1 aromatic heterocycles. The summed E-state index contributed by atoms with van der Waals surface area (Å²) in [6, 6.07) is 0. The minimum atomic E-state index is -0.580. The molecule has 0 N–H and O–H groups in total. The predicted molar refractivity (Wildman–Crippen MR) is 85.8 cm³/mol. The largest absolute Gasteiger partial charge is 2.00 e. The van der Waals surface area contributed by atoms with E-state index in [1.54, 1.807) is 11.6 Å². The molecular formula is C16H25N3O3U. The molecule has 1 aliphatic heterocycles. The maximum absolute atomic E-state index is 12.3. The van der Waals surface area contributed by atoms with E-state index in [4.69, 9.17) is 4.74 Å². The average molecular weight is 545 g/mol. The van der Waals surface area contributed by atoms with E-state index in [0.29, 0.717) is 24.5 Å². The van der Waals surface area contributed by atoms with Gasteiger partial charge >= 0.3 is 37.2 Å². The van der Waals surface area contributed by atoms with Crippen LogP contribution in [-0.2, 0) is 11.3 Å². The Morgan fingerprint density at radius 2 is 1.78 bits per heavy atom. The summed E-state index contributed by atoms with van der Waals surface area (Å²) < 4.78 is 7.08. The molecule has 0 fully saturated rings. The number of ether oxygens (including phenoxy) is 1. The van der Waals surface area contributed by atoms with Crippen LogP contribution in [0.25, 0.3) is 0 Å². The van der Waals surface area contributed by atoms with Crippen molar-refractivity contribution in [2.75, 3.05) is 11.4 Å². The summed E-state index contributed by atoms with van der Waals surface area (Å²) in [6.45, 7) is 15.1. The fraction of sp³-hybridized carbons (Fsp3) is 0.562. The number of carbonyl (C=O) groups excluding carboxylic acids is 2. The van der Waals surface area contributed by atoms with Crippen LogP contribution in [0.2, 0.25) is 0 Å². The monoisotopic (exact) mass is 545 g/mol. The van der Waals surface area contributed by atoms with Crippen molar-refractivity contribution < 1.29 is 45.4 Å². The third kappa shape index (κ3) is 5.89. The van der Waals surface area contributed by atoms with Gasteiger partial charge in [0.2, 0.25) is 0 Å². The molecule has 0 bridgehead atoms. The molecule has 0 radical (unpaired) electrons. The second-order valence-corrected chi connectivity index (χ2v) is 5.87. The van der Waals surface area contributed by atoms with Crippen LogP contribution >= 0.6 is 0 Å². The zero-order valence-electron chi connectivity index (χ0n) is 14.4. The minimum Gasteiger partial charge on any atom is -0.443 e. The Hall–Kier alpha value is -0.928. The molecular weight excluding hydrogens is 520 g/mol. The maximum atomic E-state index is 12.3. The number of Topliss-reactive ketones (excluding diaryl/α,β-unsaturated/α-hetero) is 1. The van der Waals surface area contributed by atoms with E-state index >= 15 is 0 Å². The van der Waals surface area contributed by atoms with Crippen LogP contribution in [0, 0.1) is 45.0 Å². The molecule has 0 saturated heterocycles. The SMILES string of the molecule is [CH2-]C.[CH2-]C(=O)c1cnn2c1N(C(=O)OC(C)(C)C)CCCC2.[U+2]. The maximum Gasteiger partial charge on any atom is 2.00 e. The first-order chi connectivity index (χ1) is 10.3. The average Bonchev–Trinajstić information content (AvgIpc) is 2.72. The van der Waals surface area contributed by atoms with Gasteiger partial charge in [0.05, 0.1) is 5.82 Å². The van der Waals surface area contributed by atoms with Crippen molar-refractivity contribution in [3.63, 3.8) is 0 Å². The standard InChI is InChI=1S/C14H20N3O3.C2H5.U/c1-10(18)11-9-15-17-8-6-5-7-16(12(11)17)13(19)20-14(2,3)4;1-2;/h9H,1,5-8H2,2-4H3;1H2,2H3;/q2*-1;+2. The Bertz CT molecular complexity index is 535. The van der Waals surface area contributed by atoms with Gasteiger partial charge < -0.3 is 16.5 Å². The molecule has 126 valence electrons. The third-order valence-corrected chi connectivity index (χ3v) is 2.98. The third-order valence-electron chi connectivity index (χ3n) is 2.98. The van der Waals surface area contributed by atoms with Crippen molar-refractivity contribution >= 4 is 17.7 Å². The van der Waals surface area contributed by atoms with Gasteiger partial charge in [0.15, 0.2) is 0 Å². The Labute approximate surface area is 162 Å². The molecule has 1 amide bonds. The Morgan fingerprint density at radius 3 is 2.30 bits per heavy atom. The van der Waals surface area contributed by atoms with Gasteiger partial charge in [-0.1, -0.05) is 5.56 Å². The van der Waals surface area contributed by atoms with E-state index < -0.39 is 11.7 Å². The second-order valence-electron chi connectivity index (χ2n) is 5.87. The smallest absolute Gasteiger partial charge is 0.443 e. The van der Waals surface area contributed by atoms with Crippen molar-refractivity contribution in [3.8, 4) is 0 Å². The quantitative estimate of drug-likeness (QED) is 0.402. The normalized spacial score (nSPS) is 13.7. The van der Waals surface area contributed by atoms with E-state index in [0.717, 1.165) is 12.8 Å². The Morgan fingerprint density at radius 1 is 1.22 bits per heavy atom. The van der Waals surface area contributed by atoms with E-state index in [2.05, 4.69) is 18.9 Å². The number of hydrogen-bond donors (Lipinski definition) is 0. The van der Waals surface area contributed by atoms with Crippen molar-refractivity contribution in [1.82, 2.24) is 9.78 Å². The number of fused-ring (bicyclic) bond motifs is 1. The van der Waals surface area contributed by atoms with E-state index in [1.165, 1.54) is 11.1 Å². The Balaban J connectivity index is 0.00000155. The zero-order valence-corrected chi connectivity index (χ0v) is 18.6. The first kappa shape index (κ1) is 22.1. The van der Waals surface area contributed by atoms with Crippen LogP contribution < -0.4 is 4.90 Å². The van der Waals surface area contributed by atoms with Crippen LogP contribution in [0.1, 0.15) is 50.9 Å². The topological polar surface area (TPSA) is 64.4 Å². The molecule has 0 aromatic carbocycles. The molecule has 0 unspecified atom stereocenters. The number of aryl methyl sites for hydroxylation is 1. The first-order valence-corrected chi connectivity index (χ1v) is 7.43. The molecule has 2 heterocycles. The summed E-state index contributed by atoms with van der Waals surface area (Å²) in [7, 11) is 0. The van der Waals surface area contributed by atoms with Gasteiger partial charge in [-0.15, -0.1) is 0 Å². The molecule has 0 aliphatic carbocycles. The number of amides is 1. The van der Waals surface area contributed by atoms with E-state index in [1.807, 2.05) is 20.8 Å². The van der Waals surface area contributed by atoms with Gasteiger partial charge in [-0.2, -0.15) is 18.9 Å². The van der Waals surface area contributed by atoms with Crippen molar-refractivity contribution in [3.05, 3.63) is 25.6 Å². The van der Waals surface area contributed by atoms with Gasteiger partial charge in [-0.25, -0.2) is 4.79 Å². The number of rotatable bonds is 1. The fourth-order valence-corrected chi connectivity index (χ4v) is 2.16. The summed E-state index contributed by atoms with van der Waals surface area (Å²) in [5.74, 6) is 0.151. The van der Waals surface area contributed by atoms with Crippen LogP contribution in [0.5, 0.6) is 0 Å². The molecule has 23 heavy (non-hydrogen) atoms. The van der Waals surface area contributed by atoms with Gasteiger partial charge in [0.1, 0.15) is 5.60 Å². The zero-order chi connectivity index (χ0) is 16.9. The molecule has 6 nitrogen and oxygen atoms in total. The fourth-order valence-electron chi connectivity index (χ4n) is 2.16. The molecule has 7 heteroatoms. The van der Waals surface area contributed by atoms with Crippen LogP contribution in [0.4, 0.5) is 10.6 Å². The Kier molecular flexibility index (Phi) is 9.01. The number of nitrogens with zero attached hydrogens (tertiary/aromatic N) is 3. The van der Waals surface area contributed by atoms with Crippen LogP contribution in [0.3, 0.4) is 0 Å². The number of carbonyl (C=O) groups is 2. The number of ketones is 1. The van der Waals surface area contributed by atoms with Crippen LogP contribution in [-0.4, -0.2) is 33.8 Å². The first-order valence-electron chi connectivity index (χ1n) is 7.43. The summed E-state index contributed by atoms with van der Waals surface area (Å²) in [6.07, 6.45) is 2.75. The second kappa shape index (κ2) is 9.39. The van der Waals surface area contributed by atoms with Crippen molar-refractivity contribution in [2.45, 2.75) is 52.7 Å².